The fourth-order valence-corrected chi connectivity index (χ4v) is 2.65. The van der Waals surface area contributed by atoms with Gasteiger partial charge < -0.3 is 23.5 Å². The standard InChI is InChI=1S/C22H22N2O6/c1-4-28-18-8-6-5-7-17(18)22-23-20(30-24-22)14-29-21(25)12-10-15-9-11-16(26-2)13-19(15)27-3/h5-13H,4,14H2,1-3H3/b12-10+. The van der Waals surface area contributed by atoms with E-state index in [9.17, 15) is 4.79 Å². The van der Waals surface area contributed by atoms with Crippen molar-refractivity contribution in [3.05, 3.63) is 60.0 Å². The number of hydrogen-bond donors (Lipinski definition) is 0. The molecule has 0 amide bonds. The van der Waals surface area contributed by atoms with Gasteiger partial charge in [-0.2, -0.15) is 4.98 Å². The zero-order chi connectivity index (χ0) is 21.3. The molecule has 0 saturated carbocycles. The number of carbonyl (C=O) groups is 1. The van der Waals surface area contributed by atoms with Crippen molar-refractivity contribution in [3.63, 3.8) is 0 Å². The highest BCUT2D eigenvalue weighted by Gasteiger charge is 2.14. The molecule has 30 heavy (non-hydrogen) atoms. The van der Waals surface area contributed by atoms with Crippen LogP contribution in [0.2, 0.25) is 0 Å². The summed E-state index contributed by atoms with van der Waals surface area (Å²) in [4.78, 5) is 16.3. The van der Waals surface area contributed by atoms with Crippen LogP contribution < -0.4 is 14.2 Å². The number of esters is 1. The lowest BCUT2D eigenvalue weighted by atomic mass is 10.2. The predicted molar refractivity (Wildman–Crippen MR) is 109 cm³/mol. The van der Waals surface area contributed by atoms with Crippen molar-refractivity contribution < 1.29 is 28.3 Å². The molecule has 0 radical (unpaired) electrons. The number of aromatic nitrogens is 2. The summed E-state index contributed by atoms with van der Waals surface area (Å²) in [6, 6.07) is 12.7. The van der Waals surface area contributed by atoms with Gasteiger partial charge in [-0.3, -0.25) is 0 Å². The first kappa shape index (κ1) is 20.9. The van der Waals surface area contributed by atoms with Gasteiger partial charge in [-0.15, -0.1) is 0 Å². The van der Waals surface area contributed by atoms with E-state index in [-0.39, 0.29) is 12.5 Å². The van der Waals surface area contributed by atoms with Crippen LogP contribution in [0.1, 0.15) is 18.4 Å². The molecule has 0 saturated heterocycles. The maximum Gasteiger partial charge on any atom is 0.331 e. The van der Waals surface area contributed by atoms with Gasteiger partial charge in [-0.05, 0) is 37.3 Å². The molecule has 0 aliphatic carbocycles. The van der Waals surface area contributed by atoms with E-state index < -0.39 is 5.97 Å². The van der Waals surface area contributed by atoms with Gasteiger partial charge >= 0.3 is 5.97 Å². The smallest absolute Gasteiger partial charge is 0.331 e. The average Bonchev–Trinajstić information content (AvgIpc) is 3.25. The van der Waals surface area contributed by atoms with Crippen LogP contribution in [0.15, 0.2) is 53.1 Å². The first-order chi connectivity index (χ1) is 14.6. The first-order valence-electron chi connectivity index (χ1n) is 9.26. The molecule has 0 atom stereocenters. The lowest BCUT2D eigenvalue weighted by Gasteiger charge is -2.07. The Kier molecular flexibility index (Phi) is 7.05. The van der Waals surface area contributed by atoms with E-state index in [2.05, 4.69) is 10.1 Å². The number of hydrogen-bond acceptors (Lipinski definition) is 8. The summed E-state index contributed by atoms with van der Waals surface area (Å²) in [5.41, 5.74) is 1.41. The Hall–Kier alpha value is -3.81. The summed E-state index contributed by atoms with van der Waals surface area (Å²) >= 11 is 0. The molecule has 8 heteroatoms. The SMILES string of the molecule is CCOc1ccccc1-c1noc(COC(=O)/C=C/c2ccc(OC)cc2OC)n1. The van der Waals surface area contributed by atoms with Gasteiger partial charge in [0.1, 0.15) is 17.2 Å². The van der Waals surface area contributed by atoms with E-state index in [0.29, 0.717) is 40.8 Å². The van der Waals surface area contributed by atoms with Gasteiger partial charge in [0.05, 0.1) is 26.4 Å². The fourth-order valence-electron chi connectivity index (χ4n) is 2.65. The van der Waals surface area contributed by atoms with E-state index >= 15 is 0 Å². The van der Waals surface area contributed by atoms with Gasteiger partial charge in [0.15, 0.2) is 6.61 Å². The van der Waals surface area contributed by atoms with Crippen molar-refractivity contribution in [1.82, 2.24) is 10.1 Å². The van der Waals surface area contributed by atoms with Gasteiger partial charge in [0, 0.05) is 17.7 Å². The van der Waals surface area contributed by atoms with Gasteiger partial charge in [0.2, 0.25) is 5.82 Å². The third-order valence-electron chi connectivity index (χ3n) is 4.07. The Bertz CT molecular complexity index is 1030. The molecule has 0 aliphatic heterocycles. The molecule has 156 valence electrons. The second kappa shape index (κ2) is 10.1. The first-order valence-corrected chi connectivity index (χ1v) is 9.26. The summed E-state index contributed by atoms with van der Waals surface area (Å²) in [6.45, 7) is 2.27. The maximum atomic E-state index is 12.0. The molecular formula is C22H22N2O6. The quantitative estimate of drug-likeness (QED) is 0.387. The lowest BCUT2D eigenvalue weighted by molar-refractivity contribution is -0.139. The molecule has 0 bridgehead atoms. The Morgan fingerprint density at radius 2 is 1.93 bits per heavy atom. The van der Waals surface area contributed by atoms with Crippen LogP contribution in [0.4, 0.5) is 0 Å². The lowest BCUT2D eigenvalue weighted by Crippen LogP contribution is -2.01. The monoisotopic (exact) mass is 410 g/mol. The van der Waals surface area contributed by atoms with E-state index in [1.165, 1.54) is 6.08 Å². The minimum Gasteiger partial charge on any atom is -0.497 e. The maximum absolute atomic E-state index is 12.0. The van der Waals surface area contributed by atoms with E-state index in [1.54, 1.807) is 38.5 Å². The summed E-state index contributed by atoms with van der Waals surface area (Å²) in [5.74, 6) is 1.88. The minimum atomic E-state index is -0.553. The molecule has 0 fully saturated rings. The van der Waals surface area contributed by atoms with Crippen LogP contribution in [0.3, 0.4) is 0 Å². The highest BCUT2D eigenvalue weighted by Crippen LogP contribution is 2.28. The summed E-state index contributed by atoms with van der Waals surface area (Å²) in [5, 5.41) is 3.94. The van der Waals surface area contributed by atoms with Crippen LogP contribution in [-0.2, 0) is 16.1 Å². The molecule has 0 aliphatic rings. The topological polar surface area (TPSA) is 92.9 Å². The Morgan fingerprint density at radius 3 is 2.70 bits per heavy atom. The number of nitrogens with zero attached hydrogens (tertiary/aromatic N) is 2. The molecule has 3 aromatic rings. The number of carbonyl (C=O) groups excluding carboxylic acids is 1. The predicted octanol–water partition coefficient (Wildman–Crippen LogP) is 3.91. The van der Waals surface area contributed by atoms with Crippen molar-refractivity contribution in [2.75, 3.05) is 20.8 Å². The molecule has 8 nitrogen and oxygen atoms in total. The molecule has 0 N–H and O–H groups in total. The average molecular weight is 410 g/mol. The summed E-state index contributed by atoms with van der Waals surface area (Å²) < 4.78 is 26.4. The molecular weight excluding hydrogens is 388 g/mol. The number of methoxy groups -OCH3 is 2. The zero-order valence-electron chi connectivity index (χ0n) is 17.0. The molecule has 1 aromatic heterocycles. The third kappa shape index (κ3) is 5.16. The van der Waals surface area contributed by atoms with Crippen molar-refractivity contribution in [3.8, 4) is 28.6 Å². The van der Waals surface area contributed by atoms with Crippen LogP contribution in [-0.4, -0.2) is 36.9 Å². The normalized spacial score (nSPS) is 10.8. The van der Waals surface area contributed by atoms with Crippen LogP contribution >= 0.6 is 0 Å². The summed E-state index contributed by atoms with van der Waals surface area (Å²) in [7, 11) is 3.11. The van der Waals surface area contributed by atoms with Gasteiger partial charge in [-0.25, -0.2) is 4.79 Å². The minimum absolute atomic E-state index is 0.146. The largest absolute Gasteiger partial charge is 0.497 e. The number of rotatable bonds is 9. The van der Waals surface area contributed by atoms with Crippen molar-refractivity contribution in [1.29, 1.82) is 0 Å². The number of benzene rings is 2. The van der Waals surface area contributed by atoms with Crippen molar-refractivity contribution in [2.24, 2.45) is 0 Å². The van der Waals surface area contributed by atoms with Gasteiger partial charge in [0.25, 0.3) is 5.89 Å². The van der Waals surface area contributed by atoms with Crippen LogP contribution in [0.25, 0.3) is 17.5 Å². The van der Waals surface area contributed by atoms with E-state index in [1.807, 2.05) is 31.2 Å². The third-order valence-corrected chi connectivity index (χ3v) is 4.07. The van der Waals surface area contributed by atoms with Crippen LogP contribution in [0, 0.1) is 0 Å². The Labute approximate surface area is 174 Å². The highest BCUT2D eigenvalue weighted by atomic mass is 16.6. The fraction of sp³-hybridized carbons (Fsp3) is 0.227. The molecule has 2 aromatic carbocycles. The van der Waals surface area contributed by atoms with Crippen molar-refractivity contribution >= 4 is 12.0 Å². The molecule has 3 rings (SSSR count). The van der Waals surface area contributed by atoms with Crippen molar-refractivity contribution in [2.45, 2.75) is 13.5 Å². The Balaban J connectivity index is 1.62. The van der Waals surface area contributed by atoms with E-state index in [4.69, 9.17) is 23.5 Å². The molecule has 0 unspecified atom stereocenters. The Morgan fingerprint density at radius 1 is 1.10 bits per heavy atom. The second-order valence-corrected chi connectivity index (χ2v) is 5.99. The van der Waals surface area contributed by atoms with E-state index in [0.717, 1.165) is 0 Å². The zero-order valence-corrected chi connectivity index (χ0v) is 17.0. The molecule has 1 heterocycles. The molecule has 0 spiro atoms. The van der Waals surface area contributed by atoms with Gasteiger partial charge in [-0.1, -0.05) is 17.3 Å². The second-order valence-electron chi connectivity index (χ2n) is 5.99. The van der Waals surface area contributed by atoms with Crippen LogP contribution in [0.5, 0.6) is 17.2 Å². The number of ether oxygens (including phenoxy) is 4. The number of para-hydroxylation sites is 1. The summed E-state index contributed by atoms with van der Waals surface area (Å²) in [6.07, 6.45) is 2.89. The highest BCUT2D eigenvalue weighted by molar-refractivity contribution is 5.87.